The van der Waals surface area contributed by atoms with Gasteiger partial charge < -0.3 is 10.2 Å². The minimum atomic E-state index is -0.181. The van der Waals surface area contributed by atoms with E-state index in [2.05, 4.69) is 46.4 Å². The van der Waals surface area contributed by atoms with Crippen molar-refractivity contribution in [1.82, 2.24) is 4.90 Å². The van der Waals surface area contributed by atoms with Crippen LogP contribution in [0, 0.1) is 6.92 Å². The van der Waals surface area contributed by atoms with Crippen LogP contribution >= 0.6 is 15.9 Å². The Morgan fingerprint density at radius 1 is 1.00 bits per heavy atom. The fourth-order valence-corrected chi connectivity index (χ4v) is 3.61. The molecule has 3 aromatic carbocycles. The van der Waals surface area contributed by atoms with Gasteiger partial charge in [0.2, 0.25) is 0 Å². The van der Waals surface area contributed by atoms with Crippen molar-refractivity contribution in [2.24, 2.45) is 0 Å². The number of carbonyl (C=O) groups excluding carboxylic acids is 1. The summed E-state index contributed by atoms with van der Waals surface area (Å²) in [6, 6.07) is 24.1. The number of carbonyl (C=O) groups is 1. The van der Waals surface area contributed by atoms with Crippen molar-refractivity contribution in [2.75, 3.05) is 5.32 Å². The van der Waals surface area contributed by atoms with E-state index >= 15 is 0 Å². The first-order chi connectivity index (χ1) is 12.6. The molecule has 26 heavy (non-hydrogen) atoms. The van der Waals surface area contributed by atoms with Gasteiger partial charge in [-0.05, 0) is 42.3 Å². The molecule has 1 unspecified atom stereocenters. The SMILES string of the molecule is Cc1cc(NC2c3ccccc3C(=O)N2Cc2ccccc2)ccc1Br. The van der Waals surface area contributed by atoms with E-state index in [1.807, 2.05) is 59.5 Å². The molecule has 0 saturated heterocycles. The Morgan fingerprint density at radius 3 is 2.50 bits per heavy atom. The molecule has 1 aliphatic heterocycles. The molecule has 3 aromatic rings. The van der Waals surface area contributed by atoms with Crippen LogP contribution in [-0.4, -0.2) is 10.8 Å². The molecule has 3 nitrogen and oxygen atoms in total. The number of fused-ring (bicyclic) bond motifs is 1. The monoisotopic (exact) mass is 406 g/mol. The highest BCUT2D eigenvalue weighted by atomic mass is 79.9. The first-order valence-corrected chi connectivity index (χ1v) is 9.39. The molecule has 1 aliphatic rings. The molecule has 0 fully saturated rings. The Hall–Kier alpha value is -2.59. The van der Waals surface area contributed by atoms with E-state index in [4.69, 9.17) is 0 Å². The van der Waals surface area contributed by atoms with Gasteiger partial charge in [-0.15, -0.1) is 0 Å². The molecule has 1 heterocycles. The summed E-state index contributed by atoms with van der Waals surface area (Å²) in [5.74, 6) is 0.0655. The van der Waals surface area contributed by atoms with Crippen molar-refractivity contribution in [3.63, 3.8) is 0 Å². The molecular formula is C22H19BrN2O. The van der Waals surface area contributed by atoms with E-state index in [1.165, 1.54) is 0 Å². The van der Waals surface area contributed by atoms with Gasteiger partial charge in [-0.1, -0.05) is 64.5 Å². The zero-order valence-electron chi connectivity index (χ0n) is 14.4. The highest BCUT2D eigenvalue weighted by Crippen LogP contribution is 2.36. The molecule has 0 aliphatic carbocycles. The molecule has 130 valence electrons. The summed E-state index contributed by atoms with van der Waals surface area (Å²) in [4.78, 5) is 14.9. The molecule has 0 saturated carbocycles. The van der Waals surface area contributed by atoms with Crippen LogP contribution in [0.3, 0.4) is 0 Å². The molecule has 4 heteroatoms. The lowest BCUT2D eigenvalue weighted by Gasteiger charge is -2.27. The second-order valence-corrected chi connectivity index (χ2v) is 7.37. The molecule has 1 N–H and O–H groups in total. The minimum Gasteiger partial charge on any atom is -0.361 e. The lowest BCUT2D eigenvalue weighted by molar-refractivity contribution is 0.0729. The highest BCUT2D eigenvalue weighted by Gasteiger charge is 2.36. The Bertz CT molecular complexity index is 955. The van der Waals surface area contributed by atoms with Gasteiger partial charge >= 0.3 is 0 Å². The maximum atomic E-state index is 13.0. The molecule has 0 aromatic heterocycles. The van der Waals surface area contributed by atoms with E-state index in [0.717, 1.165) is 32.4 Å². The number of anilines is 1. The van der Waals surface area contributed by atoms with Gasteiger partial charge in [0.25, 0.3) is 5.91 Å². The number of hydrogen-bond donors (Lipinski definition) is 1. The third-order valence-corrected chi connectivity index (χ3v) is 5.61. The van der Waals surface area contributed by atoms with Crippen LogP contribution < -0.4 is 5.32 Å². The van der Waals surface area contributed by atoms with E-state index < -0.39 is 0 Å². The van der Waals surface area contributed by atoms with Gasteiger partial charge in [0, 0.05) is 27.8 Å². The van der Waals surface area contributed by atoms with Crippen molar-refractivity contribution in [3.05, 3.63) is 99.5 Å². The number of nitrogens with zero attached hydrogens (tertiary/aromatic N) is 1. The first-order valence-electron chi connectivity index (χ1n) is 8.60. The third kappa shape index (κ3) is 3.13. The van der Waals surface area contributed by atoms with Crippen molar-refractivity contribution >= 4 is 27.5 Å². The average Bonchev–Trinajstić information content (AvgIpc) is 2.92. The lowest BCUT2D eigenvalue weighted by atomic mass is 10.1. The summed E-state index contributed by atoms with van der Waals surface area (Å²) in [7, 11) is 0. The normalized spacial score (nSPS) is 15.8. The van der Waals surface area contributed by atoms with E-state index in [0.29, 0.717) is 6.54 Å². The van der Waals surface area contributed by atoms with Gasteiger partial charge in [-0.3, -0.25) is 4.79 Å². The van der Waals surface area contributed by atoms with Crippen LogP contribution in [0.4, 0.5) is 5.69 Å². The molecule has 1 amide bonds. The maximum Gasteiger partial charge on any atom is 0.256 e. The number of hydrogen-bond acceptors (Lipinski definition) is 2. The summed E-state index contributed by atoms with van der Waals surface area (Å²) < 4.78 is 1.08. The predicted molar refractivity (Wildman–Crippen MR) is 108 cm³/mol. The maximum absolute atomic E-state index is 13.0. The topological polar surface area (TPSA) is 32.3 Å². The number of benzene rings is 3. The van der Waals surface area contributed by atoms with Gasteiger partial charge in [-0.25, -0.2) is 0 Å². The quantitative estimate of drug-likeness (QED) is 0.617. The van der Waals surface area contributed by atoms with Crippen LogP contribution in [0.5, 0.6) is 0 Å². The van der Waals surface area contributed by atoms with Crippen molar-refractivity contribution in [3.8, 4) is 0 Å². The summed E-state index contributed by atoms with van der Waals surface area (Å²) in [6.45, 7) is 2.63. The molecule has 0 spiro atoms. The Labute approximate surface area is 161 Å². The van der Waals surface area contributed by atoms with Crippen molar-refractivity contribution < 1.29 is 4.79 Å². The van der Waals surface area contributed by atoms with Crippen LogP contribution in [0.1, 0.15) is 33.2 Å². The van der Waals surface area contributed by atoms with Gasteiger partial charge in [0.15, 0.2) is 0 Å². The van der Waals surface area contributed by atoms with E-state index in [1.54, 1.807) is 0 Å². The lowest BCUT2D eigenvalue weighted by Crippen LogP contribution is -2.31. The zero-order chi connectivity index (χ0) is 18.1. The van der Waals surface area contributed by atoms with Crippen LogP contribution in [0.25, 0.3) is 0 Å². The van der Waals surface area contributed by atoms with Gasteiger partial charge in [0.05, 0.1) is 0 Å². The van der Waals surface area contributed by atoms with Crippen LogP contribution in [0.2, 0.25) is 0 Å². The summed E-state index contributed by atoms with van der Waals surface area (Å²) in [5, 5.41) is 3.55. The van der Waals surface area contributed by atoms with E-state index in [9.17, 15) is 4.79 Å². The first kappa shape index (κ1) is 16.9. The zero-order valence-corrected chi connectivity index (χ0v) is 16.0. The molecular weight excluding hydrogens is 388 g/mol. The fourth-order valence-electron chi connectivity index (χ4n) is 3.36. The second-order valence-electron chi connectivity index (χ2n) is 6.52. The summed E-state index contributed by atoms with van der Waals surface area (Å²) in [5.41, 5.74) is 5.07. The predicted octanol–water partition coefficient (Wildman–Crippen LogP) is 5.52. The molecule has 0 radical (unpaired) electrons. The fraction of sp³-hybridized carbons (Fsp3) is 0.136. The molecule has 4 rings (SSSR count). The summed E-state index contributed by atoms with van der Waals surface area (Å²) >= 11 is 3.54. The Kier molecular flexibility index (Phi) is 4.51. The average molecular weight is 407 g/mol. The highest BCUT2D eigenvalue weighted by molar-refractivity contribution is 9.10. The number of rotatable bonds is 4. The number of nitrogens with one attached hydrogen (secondary N) is 1. The molecule has 0 bridgehead atoms. The summed E-state index contributed by atoms with van der Waals surface area (Å²) in [6.07, 6.45) is -0.181. The number of halogens is 1. The largest absolute Gasteiger partial charge is 0.361 e. The standard InChI is InChI=1S/C22H19BrN2O/c1-15-13-17(11-12-20(15)23)24-21-18-9-5-6-10-19(18)22(26)25(21)14-16-7-3-2-4-8-16/h2-13,21,24H,14H2,1H3. The second kappa shape index (κ2) is 6.96. The number of aryl methyl sites for hydroxylation is 1. The minimum absolute atomic E-state index is 0.0655. The van der Waals surface area contributed by atoms with Crippen molar-refractivity contribution in [2.45, 2.75) is 19.6 Å². The smallest absolute Gasteiger partial charge is 0.256 e. The van der Waals surface area contributed by atoms with Gasteiger partial charge in [-0.2, -0.15) is 0 Å². The van der Waals surface area contributed by atoms with Crippen molar-refractivity contribution in [1.29, 1.82) is 0 Å². The Balaban J connectivity index is 1.69. The van der Waals surface area contributed by atoms with Crippen LogP contribution in [-0.2, 0) is 6.54 Å². The Morgan fingerprint density at radius 2 is 1.73 bits per heavy atom. The third-order valence-electron chi connectivity index (χ3n) is 4.72. The number of amides is 1. The van der Waals surface area contributed by atoms with E-state index in [-0.39, 0.29) is 12.1 Å². The van der Waals surface area contributed by atoms with Gasteiger partial charge in [0.1, 0.15) is 6.17 Å². The van der Waals surface area contributed by atoms with Crippen LogP contribution in [0.15, 0.2) is 77.3 Å². The molecule has 1 atom stereocenters.